The minimum absolute atomic E-state index is 0.0581. The van der Waals surface area contributed by atoms with Gasteiger partial charge < -0.3 is 4.74 Å². The van der Waals surface area contributed by atoms with Gasteiger partial charge in [0.2, 0.25) is 0 Å². The van der Waals surface area contributed by atoms with E-state index in [1.807, 2.05) is 18.2 Å². The first kappa shape index (κ1) is 22.3. The van der Waals surface area contributed by atoms with E-state index in [1.54, 1.807) is 36.4 Å². The molecule has 0 radical (unpaired) electrons. The van der Waals surface area contributed by atoms with Gasteiger partial charge in [-0.15, -0.1) is 0 Å². The highest BCUT2D eigenvalue weighted by atomic mass is 32.2. The summed E-state index contributed by atoms with van der Waals surface area (Å²) in [5.74, 6) is 0.0879. The molecule has 1 aromatic heterocycles. The van der Waals surface area contributed by atoms with E-state index in [4.69, 9.17) is 9.72 Å². The van der Waals surface area contributed by atoms with Crippen LogP contribution in [-0.2, 0) is 10.0 Å². The van der Waals surface area contributed by atoms with Crippen molar-refractivity contribution >= 4 is 48.9 Å². The molecule has 0 bridgehead atoms. The molecule has 1 heterocycles. The number of ether oxygens (including phenoxy) is 1. The highest BCUT2D eigenvalue weighted by Gasteiger charge is 2.26. The minimum atomic E-state index is -3.92. The van der Waals surface area contributed by atoms with E-state index in [9.17, 15) is 13.2 Å². The zero-order valence-corrected chi connectivity index (χ0v) is 20.6. The first-order valence-corrected chi connectivity index (χ1v) is 13.3. The molecule has 1 aliphatic carbocycles. The number of thiazole rings is 1. The Balaban J connectivity index is 1.28. The molecule has 178 valence electrons. The van der Waals surface area contributed by atoms with Crippen LogP contribution in [-0.4, -0.2) is 26.4 Å². The van der Waals surface area contributed by atoms with Crippen molar-refractivity contribution in [3.63, 3.8) is 0 Å². The maximum atomic E-state index is 13.2. The monoisotopic (exact) mass is 513 g/mol. The van der Waals surface area contributed by atoms with Gasteiger partial charge in [-0.25, -0.2) is 13.4 Å². The summed E-state index contributed by atoms with van der Waals surface area (Å²) < 4.78 is 33.5. The third-order valence-corrected chi connectivity index (χ3v) is 8.42. The number of para-hydroxylation sites is 1. The summed E-state index contributed by atoms with van der Waals surface area (Å²) in [6, 6.07) is 24.7. The van der Waals surface area contributed by atoms with Gasteiger partial charge in [-0.05, 0) is 47.2 Å². The van der Waals surface area contributed by atoms with E-state index in [-0.39, 0.29) is 16.1 Å². The molecule has 0 fully saturated rings. The van der Waals surface area contributed by atoms with Crippen molar-refractivity contribution in [2.75, 3.05) is 17.1 Å². The van der Waals surface area contributed by atoms with E-state index in [2.05, 4.69) is 28.2 Å². The maximum Gasteiger partial charge on any atom is 0.261 e. The molecule has 0 saturated heterocycles. The average Bonchev–Trinajstić information content (AvgIpc) is 3.43. The highest BCUT2D eigenvalue weighted by Crippen LogP contribution is 2.50. The summed E-state index contributed by atoms with van der Waals surface area (Å²) in [7, 11) is -2.41. The molecule has 6 rings (SSSR count). The zero-order valence-electron chi connectivity index (χ0n) is 19.0. The van der Waals surface area contributed by atoms with Crippen LogP contribution in [0.25, 0.3) is 32.5 Å². The van der Waals surface area contributed by atoms with Crippen molar-refractivity contribution in [2.45, 2.75) is 4.90 Å². The summed E-state index contributed by atoms with van der Waals surface area (Å²) in [6.45, 7) is 0. The van der Waals surface area contributed by atoms with Gasteiger partial charge in [-0.3, -0.25) is 14.8 Å². The van der Waals surface area contributed by atoms with E-state index in [0.717, 1.165) is 27.1 Å². The topological polar surface area (TPSA) is 97.4 Å². The number of methoxy groups -OCH3 is 1. The Morgan fingerprint density at radius 1 is 0.889 bits per heavy atom. The molecule has 1 aliphatic rings. The number of sulfonamides is 1. The first-order valence-electron chi connectivity index (χ1n) is 11.1. The Morgan fingerprint density at radius 2 is 1.61 bits per heavy atom. The van der Waals surface area contributed by atoms with Gasteiger partial charge in [0.05, 0.1) is 33.8 Å². The van der Waals surface area contributed by atoms with Crippen LogP contribution in [0.4, 0.5) is 10.8 Å². The van der Waals surface area contributed by atoms with Crippen LogP contribution in [0.1, 0.15) is 10.4 Å². The van der Waals surface area contributed by atoms with Gasteiger partial charge in [0, 0.05) is 11.1 Å². The van der Waals surface area contributed by atoms with Gasteiger partial charge in [-0.2, -0.15) is 0 Å². The lowest BCUT2D eigenvalue weighted by atomic mass is 10.0. The highest BCUT2D eigenvalue weighted by molar-refractivity contribution is 7.92. The van der Waals surface area contributed by atoms with Crippen molar-refractivity contribution in [2.24, 2.45) is 0 Å². The standard InChI is InChI=1S/C27H19N3O4S2/c1-34-17-12-14-18(15-13-17)36(32,33)30-22-11-3-2-8-19(22)26(31)29-27-28-24-20-9-4-6-16-7-5-10-21(23(16)20)25(24)35-27/h2-15,30H,1H3,(H,28,29,31). The fourth-order valence-corrected chi connectivity index (χ4v) is 6.45. The lowest BCUT2D eigenvalue weighted by Gasteiger charge is -2.12. The Morgan fingerprint density at radius 3 is 2.36 bits per heavy atom. The summed E-state index contributed by atoms with van der Waals surface area (Å²) in [6.07, 6.45) is 0. The number of nitrogens with zero attached hydrogens (tertiary/aromatic N) is 1. The number of carbonyl (C=O) groups is 1. The van der Waals surface area contributed by atoms with Crippen molar-refractivity contribution in [1.29, 1.82) is 0 Å². The quantitative estimate of drug-likeness (QED) is 0.284. The summed E-state index contributed by atoms with van der Waals surface area (Å²) in [4.78, 5) is 19.0. The zero-order chi connectivity index (χ0) is 24.9. The molecule has 5 aromatic rings. The normalized spacial score (nSPS) is 11.8. The predicted octanol–water partition coefficient (Wildman–Crippen LogP) is 6.01. The largest absolute Gasteiger partial charge is 0.497 e. The SMILES string of the molecule is COc1ccc(S(=O)(=O)Nc2ccccc2C(=O)Nc2nc3c(s2)-c2cccc4cccc-3c24)cc1. The number of benzene rings is 4. The molecule has 7 nitrogen and oxygen atoms in total. The number of hydrogen-bond acceptors (Lipinski definition) is 6. The molecule has 2 N–H and O–H groups in total. The Kier molecular flexibility index (Phi) is 5.24. The number of aromatic nitrogens is 1. The molecule has 1 amide bonds. The molecular formula is C27H19N3O4S2. The van der Waals surface area contributed by atoms with Crippen LogP contribution in [0.3, 0.4) is 0 Å². The number of hydrogen-bond donors (Lipinski definition) is 2. The summed E-state index contributed by atoms with van der Waals surface area (Å²) in [5, 5.41) is 5.62. The van der Waals surface area contributed by atoms with E-state index >= 15 is 0 Å². The Bertz CT molecular complexity index is 1700. The van der Waals surface area contributed by atoms with Gasteiger partial charge in [-0.1, -0.05) is 59.9 Å². The summed E-state index contributed by atoms with van der Waals surface area (Å²) in [5.41, 5.74) is 3.35. The lowest BCUT2D eigenvalue weighted by molar-refractivity contribution is 0.102. The number of fused-ring (bicyclic) bond motifs is 3. The second kappa shape index (κ2) is 8.47. The van der Waals surface area contributed by atoms with Crippen LogP contribution >= 0.6 is 11.3 Å². The number of carbonyl (C=O) groups excluding carboxylic acids is 1. The second-order valence-corrected chi connectivity index (χ2v) is 10.9. The minimum Gasteiger partial charge on any atom is -0.497 e. The predicted molar refractivity (Wildman–Crippen MR) is 142 cm³/mol. The van der Waals surface area contributed by atoms with Crippen molar-refractivity contribution in [1.82, 2.24) is 4.98 Å². The number of anilines is 2. The fraction of sp³-hybridized carbons (Fsp3) is 0.0370. The molecule has 0 spiro atoms. The summed E-state index contributed by atoms with van der Waals surface area (Å²) >= 11 is 1.40. The van der Waals surface area contributed by atoms with Gasteiger partial charge in [0.15, 0.2) is 5.13 Å². The smallest absolute Gasteiger partial charge is 0.261 e. The molecule has 9 heteroatoms. The van der Waals surface area contributed by atoms with Crippen LogP contribution in [0, 0.1) is 0 Å². The molecule has 4 aromatic carbocycles. The number of rotatable bonds is 6. The maximum absolute atomic E-state index is 13.2. The second-order valence-electron chi connectivity index (χ2n) is 8.19. The molecule has 0 saturated carbocycles. The molecule has 0 atom stereocenters. The third-order valence-electron chi connectivity index (χ3n) is 6.04. The first-order chi connectivity index (χ1) is 17.4. The third kappa shape index (κ3) is 3.69. The van der Waals surface area contributed by atoms with Crippen molar-refractivity contribution in [3.05, 3.63) is 90.5 Å². The van der Waals surface area contributed by atoms with Crippen LogP contribution in [0.15, 0.2) is 89.8 Å². The number of amides is 1. The van der Waals surface area contributed by atoms with Crippen molar-refractivity contribution < 1.29 is 17.9 Å². The average molecular weight is 514 g/mol. The van der Waals surface area contributed by atoms with Gasteiger partial charge in [0.25, 0.3) is 15.9 Å². The van der Waals surface area contributed by atoms with E-state index in [1.165, 1.54) is 36.0 Å². The fourth-order valence-electron chi connectivity index (χ4n) is 4.36. The Hall–Kier alpha value is -4.21. The Labute approximate surface area is 211 Å². The van der Waals surface area contributed by atoms with Gasteiger partial charge >= 0.3 is 0 Å². The van der Waals surface area contributed by atoms with Crippen LogP contribution < -0.4 is 14.8 Å². The van der Waals surface area contributed by atoms with Crippen LogP contribution in [0.2, 0.25) is 0 Å². The lowest BCUT2D eigenvalue weighted by Crippen LogP contribution is -2.18. The molecule has 36 heavy (non-hydrogen) atoms. The molecular weight excluding hydrogens is 494 g/mol. The van der Waals surface area contributed by atoms with E-state index < -0.39 is 15.9 Å². The van der Waals surface area contributed by atoms with Crippen LogP contribution in [0.5, 0.6) is 5.75 Å². The van der Waals surface area contributed by atoms with Crippen molar-refractivity contribution in [3.8, 4) is 27.4 Å². The van der Waals surface area contributed by atoms with E-state index in [0.29, 0.717) is 10.9 Å². The van der Waals surface area contributed by atoms with Gasteiger partial charge in [0.1, 0.15) is 5.75 Å². The number of nitrogens with one attached hydrogen (secondary N) is 2. The molecule has 0 aliphatic heterocycles. The molecule has 0 unspecified atom stereocenters.